The van der Waals surface area contributed by atoms with Gasteiger partial charge in [-0.3, -0.25) is 16.1 Å². The van der Waals surface area contributed by atoms with Crippen molar-refractivity contribution in [3.8, 4) is 0 Å². The summed E-state index contributed by atoms with van der Waals surface area (Å²) in [6, 6.07) is 32.3. The Morgan fingerprint density at radius 3 is 1.04 bits per heavy atom. The number of hydrogen-bond donors (Lipinski definition) is 5. The highest BCUT2D eigenvalue weighted by atomic mass is 31.1. The Labute approximate surface area is 154 Å². The van der Waals surface area contributed by atoms with E-state index in [1.807, 2.05) is 5.32 Å². The van der Waals surface area contributed by atoms with Crippen LogP contribution in [0.3, 0.4) is 0 Å². The molecule has 0 aliphatic rings. The number of rotatable bonds is 3. The number of nitrogens with two attached hydrogens (primary N) is 2. The summed E-state index contributed by atoms with van der Waals surface area (Å²) in [5.74, 6) is -0.625. The highest BCUT2D eigenvalue weighted by Crippen LogP contribution is 2.32. The minimum Gasteiger partial charge on any atom is -0.370 e. The van der Waals surface area contributed by atoms with Crippen LogP contribution >= 0.6 is 7.92 Å². The smallest absolute Gasteiger partial charge is 0.192 e. The monoisotopic (exact) mass is 363 g/mol. The first-order valence-electron chi connectivity index (χ1n) is 7.98. The van der Waals surface area contributed by atoms with Crippen LogP contribution in [0.2, 0.25) is 0 Å². The summed E-state index contributed by atoms with van der Waals surface area (Å²) in [5, 5.41) is 19.2. The number of benzene rings is 3. The molecule has 0 saturated heterocycles. The van der Waals surface area contributed by atoms with E-state index in [0.717, 1.165) is 0 Å². The molecule has 26 heavy (non-hydrogen) atoms. The Bertz CT molecular complexity index is 717. The summed E-state index contributed by atoms with van der Waals surface area (Å²) in [4.78, 5) is 0. The first-order chi connectivity index (χ1) is 12.6. The lowest BCUT2D eigenvalue weighted by atomic mass is 10.4. The van der Waals surface area contributed by atoms with Crippen LogP contribution in [0.25, 0.3) is 0 Å². The van der Waals surface area contributed by atoms with Gasteiger partial charge in [0.2, 0.25) is 0 Å². The Hall–Kier alpha value is -3.17. The van der Waals surface area contributed by atoms with Gasteiger partial charge in [-0.25, -0.2) is 0 Å². The SMILES string of the molecule is N=C(N)NC(=N)N.c1ccc(P(c2ccccc2)c2ccccc2)cc1. The van der Waals surface area contributed by atoms with Gasteiger partial charge in [0, 0.05) is 0 Å². The molecule has 0 aliphatic heterocycles. The van der Waals surface area contributed by atoms with Crippen molar-refractivity contribution in [1.82, 2.24) is 5.32 Å². The molecule has 7 N–H and O–H groups in total. The third-order valence-electron chi connectivity index (χ3n) is 3.31. The van der Waals surface area contributed by atoms with Crippen LogP contribution in [0.1, 0.15) is 0 Å². The Kier molecular flexibility index (Phi) is 7.34. The molecule has 0 aromatic heterocycles. The molecule has 3 aromatic carbocycles. The lowest BCUT2D eigenvalue weighted by molar-refractivity contribution is 1.19. The summed E-state index contributed by atoms with van der Waals surface area (Å²) in [7, 11) is -0.446. The molecule has 3 rings (SSSR count). The van der Waals surface area contributed by atoms with E-state index in [1.54, 1.807) is 0 Å². The van der Waals surface area contributed by atoms with Crippen LogP contribution in [0.15, 0.2) is 91.0 Å². The number of hydrogen-bond acceptors (Lipinski definition) is 2. The van der Waals surface area contributed by atoms with E-state index in [4.69, 9.17) is 22.3 Å². The standard InChI is InChI=1S/C18H15P.C2H7N5/c1-4-10-16(11-5-1)19(17-12-6-2-7-13-17)18-14-8-3-9-15-18;3-1(4)7-2(5)6/h1-15H;(H7,3,4,5,6,7). The van der Waals surface area contributed by atoms with Crippen LogP contribution in [0.4, 0.5) is 0 Å². The molecule has 0 spiro atoms. The Morgan fingerprint density at radius 1 is 0.577 bits per heavy atom. The highest BCUT2D eigenvalue weighted by Gasteiger charge is 2.14. The molecule has 0 radical (unpaired) electrons. The molecule has 0 aliphatic carbocycles. The van der Waals surface area contributed by atoms with E-state index in [2.05, 4.69) is 91.0 Å². The zero-order valence-electron chi connectivity index (χ0n) is 14.3. The molecule has 6 heteroatoms. The quantitative estimate of drug-likeness (QED) is 0.278. The minimum absolute atomic E-state index is 0.312. The first kappa shape index (κ1) is 19.2. The zero-order valence-corrected chi connectivity index (χ0v) is 15.2. The minimum atomic E-state index is -0.446. The summed E-state index contributed by atoms with van der Waals surface area (Å²) in [6.07, 6.45) is 0. The van der Waals surface area contributed by atoms with Gasteiger partial charge in [0.25, 0.3) is 0 Å². The van der Waals surface area contributed by atoms with E-state index in [-0.39, 0.29) is 11.9 Å². The van der Waals surface area contributed by atoms with Crippen LogP contribution < -0.4 is 32.7 Å². The van der Waals surface area contributed by atoms with Crippen LogP contribution in [0.5, 0.6) is 0 Å². The molecule has 3 aromatic rings. The molecule has 0 atom stereocenters. The lowest BCUT2D eigenvalue weighted by Crippen LogP contribution is -2.39. The van der Waals surface area contributed by atoms with Crippen molar-refractivity contribution in [2.75, 3.05) is 0 Å². The van der Waals surface area contributed by atoms with Gasteiger partial charge in [0.1, 0.15) is 0 Å². The van der Waals surface area contributed by atoms with Gasteiger partial charge in [0.05, 0.1) is 0 Å². The van der Waals surface area contributed by atoms with Crippen LogP contribution in [-0.2, 0) is 0 Å². The second kappa shape index (κ2) is 9.97. The fourth-order valence-corrected chi connectivity index (χ4v) is 4.63. The molecule has 0 fully saturated rings. The van der Waals surface area contributed by atoms with Crippen molar-refractivity contribution in [3.63, 3.8) is 0 Å². The van der Waals surface area contributed by atoms with Gasteiger partial charge < -0.3 is 11.5 Å². The summed E-state index contributed by atoms with van der Waals surface area (Å²) >= 11 is 0. The molecule has 0 saturated carbocycles. The van der Waals surface area contributed by atoms with Gasteiger partial charge >= 0.3 is 0 Å². The third kappa shape index (κ3) is 6.04. The van der Waals surface area contributed by atoms with Gasteiger partial charge in [-0.1, -0.05) is 91.0 Å². The van der Waals surface area contributed by atoms with Gasteiger partial charge in [-0.05, 0) is 23.8 Å². The molecule has 0 bridgehead atoms. The molecule has 0 heterocycles. The lowest BCUT2D eigenvalue weighted by Gasteiger charge is -2.18. The van der Waals surface area contributed by atoms with Crippen LogP contribution in [0, 0.1) is 10.8 Å². The molecule has 0 unspecified atom stereocenters. The summed E-state index contributed by atoms with van der Waals surface area (Å²) in [5.41, 5.74) is 9.49. The average molecular weight is 363 g/mol. The highest BCUT2D eigenvalue weighted by molar-refractivity contribution is 7.79. The molecule has 5 nitrogen and oxygen atoms in total. The predicted molar refractivity (Wildman–Crippen MR) is 112 cm³/mol. The van der Waals surface area contributed by atoms with Crippen molar-refractivity contribution in [1.29, 1.82) is 10.8 Å². The van der Waals surface area contributed by atoms with Crippen molar-refractivity contribution in [2.45, 2.75) is 0 Å². The van der Waals surface area contributed by atoms with Crippen molar-refractivity contribution in [2.24, 2.45) is 11.5 Å². The van der Waals surface area contributed by atoms with E-state index in [1.165, 1.54) is 15.9 Å². The Balaban J connectivity index is 0.000000298. The third-order valence-corrected chi connectivity index (χ3v) is 5.76. The van der Waals surface area contributed by atoms with Crippen molar-refractivity contribution < 1.29 is 0 Å². The number of nitrogens with one attached hydrogen (secondary N) is 3. The maximum Gasteiger partial charge on any atom is 0.192 e. The maximum atomic E-state index is 6.47. The fraction of sp³-hybridized carbons (Fsp3) is 0. The zero-order chi connectivity index (χ0) is 18.8. The van der Waals surface area contributed by atoms with E-state index in [0.29, 0.717) is 0 Å². The summed E-state index contributed by atoms with van der Waals surface area (Å²) < 4.78 is 0. The molecular weight excluding hydrogens is 341 g/mol. The van der Waals surface area contributed by atoms with Gasteiger partial charge in [0.15, 0.2) is 11.9 Å². The Morgan fingerprint density at radius 2 is 0.846 bits per heavy atom. The normalized spacial score (nSPS) is 9.73. The number of guanidine groups is 2. The average Bonchev–Trinajstić information content (AvgIpc) is 2.64. The molecular formula is C20H22N5P. The van der Waals surface area contributed by atoms with Crippen molar-refractivity contribution in [3.05, 3.63) is 91.0 Å². The predicted octanol–water partition coefficient (Wildman–Crippen LogP) is 1.81. The van der Waals surface area contributed by atoms with Gasteiger partial charge in [-0.2, -0.15) is 0 Å². The maximum absolute atomic E-state index is 6.47. The van der Waals surface area contributed by atoms with E-state index < -0.39 is 7.92 Å². The molecule has 132 valence electrons. The van der Waals surface area contributed by atoms with Crippen molar-refractivity contribution >= 4 is 35.8 Å². The second-order valence-corrected chi connectivity index (χ2v) is 7.51. The van der Waals surface area contributed by atoms with E-state index in [9.17, 15) is 0 Å². The fourth-order valence-electron chi connectivity index (χ4n) is 2.32. The van der Waals surface area contributed by atoms with E-state index >= 15 is 0 Å². The molecule has 0 amide bonds. The van der Waals surface area contributed by atoms with Gasteiger partial charge in [-0.15, -0.1) is 0 Å². The largest absolute Gasteiger partial charge is 0.370 e. The second-order valence-electron chi connectivity index (χ2n) is 5.29. The first-order valence-corrected chi connectivity index (χ1v) is 9.32. The summed E-state index contributed by atoms with van der Waals surface area (Å²) in [6.45, 7) is 0. The van der Waals surface area contributed by atoms with Crippen LogP contribution in [-0.4, -0.2) is 11.9 Å². The topological polar surface area (TPSA) is 112 Å².